The Labute approximate surface area is 84.5 Å². The molecule has 2 rings (SSSR count). The van der Waals surface area contributed by atoms with Gasteiger partial charge in [-0.05, 0) is 25.8 Å². The fourth-order valence-corrected chi connectivity index (χ4v) is 1.89. The summed E-state index contributed by atoms with van der Waals surface area (Å²) in [6.07, 6.45) is 5.86. The van der Waals surface area contributed by atoms with Crippen LogP contribution in [0.25, 0.3) is 0 Å². The van der Waals surface area contributed by atoms with E-state index < -0.39 is 0 Å². The molecule has 0 aromatic carbocycles. The minimum Gasteiger partial charge on any atom is -0.307 e. The molecular formula is C10H18N4. The lowest BCUT2D eigenvalue weighted by atomic mass is 10.0. The monoisotopic (exact) mass is 194 g/mol. The van der Waals surface area contributed by atoms with E-state index in [2.05, 4.69) is 27.4 Å². The molecule has 0 saturated carbocycles. The van der Waals surface area contributed by atoms with Gasteiger partial charge in [0, 0.05) is 6.42 Å². The van der Waals surface area contributed by atoms with E-state index in [1.165, 1.54) is 19.3 Å². The molecule has 0 amide bonds. The molecule has 1 aliphatic heterocycles. The average Bonchev–Trinajstić information content (AvgIpc) is 2.68. The first kappa shape index (κ1) is 9.65. The second-order valence-electron chi connectivity index (χ2n) is 3.89. The molecule has 78 valence electrons. The summed E-state index contributed by atoms with van der Waals surface area (Å²) in [4.78, 5) is 4.49. The highest BCUT2D eigenvalue weighted by atomic mass is 15.2. The van der Waals surface area contributed by atoms with Crippen molar-refractivity contribution in [2.24, 2.45) is 0 Å². The van der Waals surface area contributed by atoms with Crippen molar-refractivity contribution >= 4 is 0 Å². The number of H-pyrrole nitrogens is 1. The molecule has 1 aromatic heterocycles. The number of hydrogen-bond acceptors (Lipinski definition) is 3. The number of aryl methyl sites for hydroxylation is 1. The van der Waals surface area contributed by atoms with Crippen LogP contribution < -0.4 is 5.32 Å². The second-order valence-corrected chi connectivity index (χ2v) is 3.89. The maximum atomic E-state index is 4.49. The summed E-state index contributed by atoms with van der Waals surface area (Å²) in [7, 11) is 0. The van der Waals surface area contributed by atoms with Crippen molar-refractivity contribution in [1.29, 1.82) is 0 Å². The van der Waals surface area contributed by atoms with Gasteiger partial charge in [-0.15, -0.1) is 0 Å². The zero-order chi connectivity index (χ0) is 9.80. The third-order valence-electron chi connectivity index (χ3n) is 2.66. The molecule has 0 aliphatic carbocycles. The maximum Gasteiger partial charge on any atom is 0.167 e. The van der Waals surface area contributed by atoms with Crippen molar-refractivity contribution in [3.8, 4) is 0 Å². The highest BCUT2D eigenvalue weighted by Crippen LogP contribution is 2.19. The van der Waals surface area contributed by atoms with Gasteiger partial charge in [-0.25, -0.2) is 4.98 Å². The zero-order valence-corrected chi connectivity index (χ0v) is 8.71. The third-order valence-corrected chi connectivity index (χ3v) is 2.66. The third kappa shape index (κ3) is 2.12. The number of aromatic nitrogens is 3. The van der Waals surface area contributed by atoms with Gasteiger partial charge in [-0.2, -0.15) is 5.10 Å². The van der Waals surface area contributed by atoms with Crippen LogP contribution in [0.3, 0.4) is 0 Å². The predicted octanol–water partition coefficient (Wildman–Crippen LogP) is 1.57. The van der Waals surface area contributed by atoms with Crippen LogP contribution in [0.1, 0.15) is 50.3 Å². The van der Waals surface area contributed by atoms with Gasteiger partial charge in [-0.3, -0.25) is 5.10 Å². The largest absolute Gasteiger partial charge is 0.307 e. The van der Waals surface area contributed by atoms with E-state index in [9.17, 15) is 0 Å². The molecule has 0 spiro atoms. The first-order valence-electron chi connectivity index (χ1n) is 5.54. The van der Waals surface area contributed by atoms with E-state index in [0.29, 0.717) is 6.04 Å². The summed E-state index contributed by atoms with van der Waals surface area (Å²) in [6.45, 7) is 3.25. The Morgan fingerprint density at radius 2 is 2.36 bits per heavy atom. The summed E-state index contributed by atoms with van der Waals surface area (Å²) < 4.78 is 0. The van der Waals surface area contributed by atoms with E-state index >= 15 is 0 Å². The fourth-order valence-electron chi connectivity index (χ4n) is 1.89. The number of nitrogens with zero attached hydrogens (tertiary/aromatic N) is 2. The van der Waals surface area contributed by atoms with Crippen LogP contribution >= 0.6 is 0 Å². The number of aromatic amines is 1. The summed E-state index contributed by atoms with van der Waals surface area (Å²) in [5, 5.41) is 10.7. The van der Waals surface area contributed by atoms with Crippen LogP contribution in [0.15, 0.2) is 0 Å². The molecule has 2 heterocycles. The Morgan fingerprint density at radius 3 is 3.07 bits per heavy atom. The number of hydrogen-bond donors (Lipinski definition) is 2. The molecule has 4 heteroatoms. The normalized spacial score (nSPS) is 22.5. The summed E-state index contributed by atoms with van der Waals surface area (Å²) in [6, 6.07) is 0.380. The van der Waals surface area contributed by atoms with Crippen LogP contribution in [0, 0.1) is 0 Å². The molecule has 1 aliphatic rings. The highest BCUT2D eigenvalue weighted by Gasteiger charge is 2.18. The van der Waals surface area contributed by atoms with Gasteiger partial charge in [0.2, 0.25) is 0 Å². The molecular weight excluding hydrogens is 176 g/mol. The Morgan fingerprint density at radius 1 is 1.43 bits per heavy atom. The van der Waals surface area contributed by atoms with Gasteiger partial charge in [0.15, 0.2) is 5.82 Å². The Bertz CT molecular complexity index is 275. The van der Waals surface area contributed by atoms with Gasteiger partial charge in [0.05, 0.1) is 6.04 Å². The highest BCUT2D eigenvalue weighted by molar-refractivity contribution is 4.98. The smallest absolute Gasteiger partial charge is 0.167 e. The molecule has 4 nitrogen and oxygen atoms in total. The molecule has 1 aromatic rings. The average molecular weight is 194 g/mol. The molecule has 1 saturated heterocycles. The Kier molecular flexibility index (Phi) is 3.14. The molecule has 1 unspecified atom stereocenters. The van der Waals surface area contributed by atoms with Gasteiger partial charge < -0.3 is 5.32 Å². The molecule has 0 bridgehead atoms. The van der Waals surface area contributed by atoms with Crippen molar-refractivity contribution in [2.45, 2.75) is 45.1 Å². The first-order chi connectivity index (χ1) is 6.90. The molecule has 0 radical (unpaired) electrons. The van der Waals surface area contributed by atoms with E-state index in [-0.39, 0.29) is 0 Å². The van der Waals surface area contributed by atoms with Crippen LogP contribution in [0.2, 0.25) is 0 Å². The van der Waals surface area contributed by atoms with Crippen molar-refractivity contribution in [1.82, 2.24) is 20.5 Å². The van der Waals surface area contributed by atoms with Gasteiger partial charge in [0.1, 0.15) is 5.82 Å². The lowest BCUT2D eigenvalue weighted by molar-refractivity contribution is 0.398. The van der Waals surface area contributed by atoms with E-state index in [1.807, 2.05) is 0 Å². The SMILES string of the molecule is CCCc1nc(C2CCCCN2)n[nH]1. The summed E-state index contributed by atoms with van der Waals surface area (Å²) in [5.41, 5.74) is 0. The quantitative estimate of drug-likeness (QED) is 0.768. The van der Waals surface area contributed by atoms with Crippen molar-refractivity contribution in [3.63, 3.8) is 0 Å². The standard InChI is InChI=1S/C10H18N4/c1-2-5-9-12-10(14-13-9)8-6-3-4-7-11-8/h8,11H,2-7H2,1H3,(H,12,13,14). The maximum absolute atomic E-state index is 4.49. The van der Waals surface area contributed by atoms with Crippen molar-refractivity contribution in [2.75, 3.05) is 6.54 Å². The second kappa shape index (κ2) is 4.55. The lowest BCUT2D eigenvalue weighted by Crippen LogP contribution is -2.27. The number of nitrogens with one attached hydrogen (secondary N) is 2. The van der Waals surface area contributed by atoms with Crippen LogP contribution in [-0.4, -0.2) is 21.7 Å². The van der Waals surface area contributed by atoms with Crippen LogP contribution in [0.5, 0.6) is 0 Å². The van der Waals surface area contributed by atoms with Crippen LogP contribution in [0.4, 0.5) is 0 Å². The van der Waals surface area contributed by atoms with E-state index in [1.54, 1.807) is 0 Å². The molecule has 2 N–H and O–H groups in total. The number of piperidine rings is 1. The Hall–Kier alpha value is -0.900. The summed E-state index contributed by atoms with van der Waals surface area (Å²) in [5.74, 6) is 1.98. The van der Waals surface area contributed by atoms with Crippen molar-refractivity contribution in [3.05, 3.63) is 11.6 Å². The lowest BCUT2D eigenvalue weighted by Gasteiger charge is -2.20. The topological polar surface area (TPSA) is 53.6 Å². The van der Waals surface area contributed by atoms with Crippen molar-refractivity contribution < 1.29 is 0 Å². The minimum atomic E-state index is 0.380. The first-order valence-corrected chi connectivity index (χ1v) is 5.54. The Balaban J connectivity index is 2.00. The fraction of sp³-hybridized carbons (Fsp3) is 0.800. The van der Waals surface area contributed by atoms with Gasteiger partial charge >= 0.3 is 0 Å². The molecule has 1 atom stereocenters. The predicted molar refractivity (Wildman–Crippen MR) is 55.0 cm³/mol. The number of rotatable bonds is 3. The summed E-state index contributed by atoms with van der Waals surface area (Å²) >= 11 is 0. The molecule has 1 fully saturated rings. The minimum absolute atomic E-state index is 0.380. The van der Waals surface area contributed by atoms with E-state index in [0.717, 1.165) is 31.0 Å². The van der Waals surface area contributed by atoms with Crippen LogP contribution in [-0.2, 0) is 6.42 Å². The molecule has 14 heavy (non-hydrogen) atoms. The van der Waals surface area contributed by atoms with Gasteiger partial charge in [-0.1, -0.05) is 13.3 Å². The zero-order valence-electron chi connectivity index (χ0n) is 8.71. The van der Waals surface area contributed by atoms with E-state index in [4.69, 9.17) is 0 Å². The van der Waals surface area contributed by atoms with Gasteiger partial charge in [0.25, 0.3) is 0 Å².